The number of nitrogens with one attached hydrogen (secondary N) is 1. The number of carbonyl (C=O) groups is 1. The van der Waals surface area contributed by atoms with Crippen LogP contribution in [0.4, 0.5) is 5.69 Å². The molecule has 0 aromatic heterocycles. The number of benzene rings is 2. The highest BCUT2D eigenvalue weighted by molar-refractivity contribution is 6.42. The van der Waals surface area contributed by atoms with Crippen molar-refractivity contribution in [1.29, 1.82) is 0 Å². The van der Waals surface area contributed by atoms with E-state index in [4.69, 9.17) is 34.8 Å². The molecule has 0 radical (unpaired) electrons. The second-order valence-electron chi connectivity index (χ2n) is 4.10. The van der Waals surface area contributed by atoms with Gasteiger partial charge in [0.25, 0.3) is 0 Å². The molecule has 0 saturated heterocycles. The number of carboxylic acid groups (broad SMARTS) is 1. The second-order valence-corrected chi connectivity index (χ2v) is 5.35. The van der Waals surface area contributed by atoms with Crippen molar-refractivity contribution >= 4 is 46.5 Å². The van der Waals surface area contributed by atoms with E-state index < -0.39 is 12.0 Å². The highest BCUT2D eigenvalue weighted by Crippen LogP contribution is 2.28. The van der Waals surface area contributed by atoms with Gasteiger partial charge >= 0.3 is 5.97 Å². The highest BCUT2D eigenvalue weighted by atomic mass is 35.5. The van der Waals surface area contributed by atoms with Crippen molar-refractivity contribution < 1.29 is 9.90 Å². The van der Waals surface area contributed by atoms with E-state index >= 15 is 0 Å². The SMILES string of the molecule is O=C(O)C(Nc1ccc(Cl)cc1)c1ccc(Cl)c(Cl)c1. The van der Waals surface area contributed by atoms with Crippen LogP contribution in [0.3, 0.4) is 0 Å². The molecular formula is C14H10Cl3NO2. The summed E-state index contributed by atoms with van der Waals surface area (Å²) in [6.45, 7) is 0. The van der Waals surface area contributed by atoms with E-state index in [1.165, 1.54) is 6.07 Å². The van der Waals surface area contributed by atoms with Crippen LogP contribution < -0.4 is 5.32 Å². The van der Waals surface area contributed by atoms with Crippen LogP contribution in [0, 0.1) is 0 Å². The van der Waals surface area contributed by atoms with Crippen molar-refractivity contribution in [2.45, 2.75) is 6.04 Å². The molecule has 2 aromatic rings. The Hall–Kier alpha value is -1.42. The summed E-state index contributed by atoms with van der Waals surface area (Å²) in [6, 6.07) is 10.6. The predicted molar refractivity (Wildman–Crippen MR) is 81.9 cm³/mol. The third-order valence-electron chi connectivity index (χ3n) is 2.68. The Morgan fingerprint density at radius 3 is 2.20 bits per heavy atom. The standard InChI is InChI=1S/C14H10Cl3NO2/c15-9-2-4-10(5-3-9)18-13(14(19)20)8-1-6-11(16)12(17)7-8/h1-7,13,18H,(H,19,20). The number of hydrogen-bond acceptors (Lipinski definition) is 2. The van der Waals surface area contributed by atoms with Gasteiger partial charge < -0.3 is 10.4 Å². The maximum Gasteiger partial charge on any atom is 0.330 e. The van der Waals surface area contributed by atoms with Gasteiger partial charge in [0.1, 0.15) is 0 Å². The van der Waals surface area contributed by atoms with Crippen LogP contribution in [0.1, 0.15) is 11.6 Å². The molecule has 20 heavy (non-hydrogen) atoms. The van der Waals surface area contributed by atoms with Gasteiger partial charge in [0.2, 0.25) is 0 Å². The second kappa shape index (κ2) is 6.35. The number of halogens is 3. The molecular weight excluding hydrogens is 321 g/mol. The third-order valence-corrected chi connectivity index (χ3v) is 3.67. The van der Waals surface area contributed by atoms with Crippen molar-refractivity contribution in [1.82, 2.24) is 0 Å². The molecule has 0 aliphatic heterocycles. The first-order chi connectivity index (χ1) is 9.47. The topological polar surface area (TPSA) is 49.3 Å². The molecule has 2 rings (SSSR count). The molecule has 0 spiro atoms. The minimum absolute atomic E-state index is 0.313. The van der Waals surface area contributed by atoms with Gasteiger partial charge in [0.05, 0.1) is 10.0 Å². The summed E-state index contributed by atoms with van der Waals surface area (Å²) in [7, 11) is 0. The van der Waals surface area contributed by atoms with Gasteiger partial charge in [0.15, 0.2) is 6.04 Å². The number of hydrogen-bond donors (Lipinski definition) is 2. The van der Waals surface area contributed by atoms with Crippen LogP contribution in [-0.4, -0.2) is 11.1 Å². The van der Waals surface area contributed by atoms with Crippen molar-refractivity contribution in [3.8, 4) is 0 Å². The summed E-state index contributed by atoms with van der Waals surface area (Å²) in [5.41, 5.74) is 1.16. The lowest BCUT2D eigenvalue weighted by Gasteiger charge is -2.16. The minimum Gasteiger partial charge on any atom is -0.479 e. The third kappa shape index (κ3) is 3.57. The lowest BCUT2D eigenvalue weighted by atomic mass is 10.1. The quantitative estimate of drug-likeness (QED) is 0.839. The molecule has 2 aromatic carbocycles. The zero-order chi connectivity index (χ0) is 14.7. The Kier molecular flexibility index (Phi) is 4.76. The zero-order valence-corrected chi connectivity index (χ0v) is 12.4. The summed E-state index contributed by atoms with van der Waals surface area (Å²) in [4.78, 5) is 11.4. The number of aliphatic carboxylic acids is 1. The minimum atomic E-state index is -1.02. The van der Waals surface area contributed by atoms with E-state index in [1.54, 1.807) is 36.4 Å². The van der Waals surface area contributed by atoms with Crippen LogP contribution in [0.25, 0.3) is 0 Å². The van der Waals surface area contributed by atoms with Crippen molar-refractivity contribution in [3.63, 3.8) is 0 Å². The predicted octanol–water partition coefficient (Wildman–Crippen LogP) is 4.88. The monoisotopic (exact) mass is 329 g/mol. The smallest absolute Gasteiger partial charge is 0.330 e. The molecule has 2 N–H and O–H groups in total. The zero-order valence-electron chi connectivity index (χ0n) is 10.1. The van der Waals surface area contributed by atoms with Crippen molar-refractivity contribution in [3.05, 3.63) is 63.1 Å². The Labute approximate surface area is 131 Å². The fourth-order valence-electron chi connectivity index (χ4n) is 1.69. The van der Waals surface area contributed by atoms with E-state index in [0.29, 0.717) is 26.3 Å². The molecule has 1 atom stereocenters. The van der Waals surface area contributed by atoms with Crippen LogP contribution in [-0.2, 0) is 4.79 Å². The first-order valence-corrected chi connectivity index (χ1v) is 6.80. The Balaban J connectivity index is 2.29. The molecule has 0 fully saturated rings. The maximum atomic E-state index is 11.4. The van der Waals surface area contributed by atoms with Gasteiger partial charge in [-0.15, -0.1) is 0 Å². The van der Waals surface area contributed by atoms with E-state index in [0.717, 1.165) is 0 Å². The normalized spacial score (nSPS) is 11.9. The molecule has 0 heterocycles. The van der Waals surface area contributed by atoms with Gasteiger partial charge in [-0.3, -0.25) is 0 Å². The summed E-state index contributed by atoms with van der Waals surface area (Å²) in [5, 5.41) is 13.5. The largest absolute Gasteiger partial charge is 0.479 e. The number of rotatable bonds is 4. The molecule has 6 heteroatoms. The molecule has 0 aliphatic rings. The molecule has 0 bridgehead atoms. The maximum absolute atomic E-state index is 11.4. The molecule has 104 valence electrons. The van der Waals surface area contributed by atoms with Crippen molar-refractivity contribution in [2.75, 3.05) is 5.32 Å². The van der Waals surface area contributed by atoms with Gasteiger partial charge in [-0.25, -0.2) is 4.79 Å². The van der Waals surface area contributed by atoms with E-state index in [-0.39, 0.29) is 0 Å². The fraction of sp³-hybridized carbons (Fsp3) is 0.0714. The van der Waals surface area contributed by atoms with Crippen LogP contribution >= 0.6 is 34.8 Å². The van der Waals surface area contributed by atoms with Gasteiger partial charge in [-0.1, -0.05) is 40.9 Å². The van der Waals surface area contributed by atoms with E-state index in [2.05, 4.69) is 5.32 Å². The lowest BCUT2D eigenvalue weighted by Crippen LogP contribution is -2.20. The average Bonchev–Trinajstić information content (AvgIpc) is 2.41. The van der Waals surface area contributed by atoms with E-state index in [9.17, 15) is 9.90 Å². The molecule has 0 amide bonds. The average molecular weight is 331 g/mol. The highest BCUT2D eigenvalue weighted by Gasteiger charge is 2.20. The first kappa shape index (κ1) is 15.0. The Morgan fingerprint density at radius 1 is 1.00 bits per heavy atom. The first-order valence-electron chi connectivity index (χ1n) is 5.67. The van der Waals surface area contributed by atoms with Crippen LogP contribution in [0.5, 0.6) is 0 Å². The number of anilines is 1. The van der Waals surface area contributed by atoms with Crippen LogP contribution in [0.15, 0.2) is 42.5 Å². The Bertz CT molecular complexity index is 629. The lowest BCUT2D eigenvalue weighted by molar-refractivity contribution is -0.138. The van der Waals surface area contributed by atoms with E-state index in [1.807, 2.05) is 0 Å². The van der Waals surface area contributed by atoms with Crippen molar-refractivity contribution in [2.24, 2.45) is 0 Å². The summed E-state index contributed by atoms with van der Waals surface area (Å²) in [5.74, 6) is -1.02. The van der Waals surface area contributed by atoms with Gasteiger partial charge in [0, 0.05) is 10.7 Å². The molecule has 0 saturated carbocycles. The molecule has 1 unspecified atom stereocenters. The van der Waals surface area contributed by atoms with Crippen LogP contribution in [0.2, 0.25) is 15.1 Å². The number of carboxylic acids is 1. The molecule has 0 aliphatic carbocycles. The fourth-order valence-corrected chi connectivity index (χ4v) is 2.12. The summed E-state index contributed by atoms with van der Waals surface area (Å²) in [6.07, 6.45) is 0. The molecule has 3 nitrogen and oxygen atoms in total. The van der Waals surface area contributed by atoms with Gasteiger partial charge in [-0.2, -0.15) is 0 Å². The summed E-state index contributed by atoms with van der Waals surface area (Å²) >= 11 is 17.5. The summed E-state index contributed by atoms with van der Waals surface area (Å²) < 4.78 is 0. The van der Waals surface area contributed by atoms with Gasteiger partial charge in [-0.05, 0) is 42.0 Å². The Morgan fingerprint density at radius 2 is 1.65 bits per heavy atom.